The standard InChI is InChI=1S/C27H23N5O2S/c1-16-8-7-13-32-20(23(30-25(16)32)17-9-3-2-4-10-17)14-18(15-28)26(34)31-27-22(24(29)33)19-11-5-6-12-21(19)35-27/h2-4,7-10,13-14H,5-6,11-12H2,1H3,(H2,29,33)(H,31,34). The number of rotatable bonds is 5. The third-order valence-corrected chi connectivity index (χ3v) is 7.43. The molecule has 3 heterocycles. The van der Waals surface area contributed by atoms with Gasteiger partial charge in [0.2, 0.25) is 0 Å². The van der Waals surface area contributed by atoms with Crippen LogP contribution in [0.1, 0.15) is 44.9 Å². The highest BCUT2D eigenvalue weighted by atomic mass is 32.1. The number of nitrogens with one attached hydrogen (secondary N) is 1. The van der Waals surface area contributed by atoms with Gasteiger partial charge in [0.25, 0.3) is 11.8 Å². The number of aryl methyl sites for hydroxylation is 2. The number of hydrogen-bond acceptors (Lipinski definition) is 5. The minimum atomic E-state index is -0.588. The van der Waals surface area contributed by atoms with E-state index in [-0.39, 0.29) is 5.57 Å². The van der Waals surface area contributed by atoms with Gasteiger partial charge in [-0.25, -0.2) is 4.98 Å². The predicted molar refractivity (Wildman–Crippen MR) is 137 cm³/mol. The largest absolute Gasteiger partial charge is 0.365 e. The van der Waals surface area contributed by atoms with Gasteiger partial charge in [-0.15, -0.1) is 11.3 Å². The fourth-order valence-electron chi connectivity index (χ4n) is 4.54. The van der Waals surface area contributed by atoms with E-state index in [1.54, 1.807) is 6.08 Å². The average molecular weight is 482 g/mol. The molecular formula is C27H23N5O2S. The molecule has 8 heteroatoms. The number of nitriles is 1. The second-order valence-corrected chi connectivity index (χ2v) is 9.60. The lowest BCUT2D eigenvalue weighted by atomic mass is 9.95. The van der Waals surface area contributed by atoms with Gasteiger partial charge in [0.15, 0.2) is 0 Å². The van der Waals surface area contributed by atoms with Crippen LogP contribution in [-0.4, -0.2) is 21.2 Å². The van der Waals surface area contributed by atoms with Gasteiger partial charge in [-0.1, -0.05) is 36.4 Å². The molecule has 0 atom stereocenters. The first-order valence-corrected chi connectivity index (χ1v) is 12.2. The Balaban J connectivity index is 1.58. The number of benzene rings is 1. The number of nitrogens with zero attached hydrogens (tertiary/aromatic N) is 3. The van der Waals surface area contributed by atoms with Crippen LogP contribution < -0.4 is 11.1 Å². The molecule has 0 unspecified atom stereocenters. The zero-order chi connectivity index (χ0) is 24.5. The van der Waals surface area contributed by atoms with Crippen LogP contribution in [0.15, 0.2) is 54.2 Å². The molecular weight excluding hydrogens is 458 g/mol. The van der Waals surface area contributed by atoms with Crippen molar-refractivity contribution in [2.45, 2.75) is 32.6 Å². The summed E-state index contributed by atoms with van der Waals surface area (Å²) < 4.78 is 1.88. The smallest absolute Gasteiger partial charge is 0.267 e. The van der Waals surface area contributed by atoms with Gasteiger partial charge in [-0.3, -0.25) is 14.0 Å². The maximum atomic E-state index is 13.2. The molecule has 0 aliphatic heterocycles. The van der Waals surface area contributed by atoms with Crippen LogP contribution >= 0.6 is 11.3 Å². The fraction of sp³-hybridized carbons (Fsp3) is 0.185. The quantitative estimate of drug-likeness (QED) is 0.312. The summed E-state index contributed by atoms with van der Waals surface area (Å²) in [5.74, 6) is -1.15. The first-order valence-electron chi connectivity index (χ1n) is 11.4. The molecule has 0 bridgehead atoms. The molecule has 4 aromatic rings. The Bertz CT molecular complexity index is 1540. The Kier molecular flexibility index (Phi) is 5.93. The summed E-state index contributed by atoms with van der Waals surface area (Å²) in [6.07, 6.45) is 7.06. The minimum Gasteiger partial charge on any atom is -0.365 e. The molecule has 7 nitrogen and oxygen atoms in total. The van der Waals surface area contributed by atoms with E-state index in [1.807, 2.05) is 66.1 Å². The number of carbonyl (C=O) groups excluding carboxylic acids is 2. The van der Waals surface area contributed by atoms with Crippen molar-refractivity contribution in [2.24, 2.45) is 5.73 Å². The first-order chi connectivity index (χ1) is 17.0. The van der Waals surface area contributed by atoms with Crippen LogP contribution in [0.4, 0.5) is 5.00 Å². The van der Waals surface area contributed by atoms with E-state index in [2.05, 4.69) is 5.32 Å². The van der Waals surface area contributed by atoms with E-state index in [0.29, 0.717) is 22.0 Å². The molecule has 3 aromatic heterocycles. The summed E-state index contributed by atoms with van der Waals surface area (Å²) >= 11 is 1.37. The molecule has 0 spiro atoms. The van der Waals surface area contributed by atoms with E-state index in [1.165, 1.54) is 11.3 Å². The van der Waals surface area contributed by atoms with Crippen molar-refractivity contribution in [2.75, 3.05) is 5.32 Å². The lowest BCUT2D eigenvalue weighted by molar-refractivity contribution is -0.112. The summed E-state index contributed by atoms with van der Waals surface area (Å²) in [6, 6.07) is 15.5. The zero-order valence-corrected chi connectivity index (χ0v) is 20.0. The maximum Gasteiger partial charge on any atom is 0.267 e. The molecule has 35 heavy (non-hydrogen) atoms. The SMILES string of the molecule is Cc1cccn2c(C=C(C#N)C(=O)Nc3sc4c(c3C(N)=O)CCCC4)c(-c3ccccc3)nc12. The normalized spacial score (nSPS) is 13.3. The Morgan fingerprint density at radius 1 is 1.17 bits per heavy atom. The third-order valence-electron chi connectivity index (χ3n) is 6.22. The van der Waals surface area contributed by atoms with Gasteiger partial charge in [-0.2, -0.15) is 5.26 Å². The number of fused-ring (bicyclic) bond motifs is 2. The van der Waals surface area contributed by atoms with Crippen molar-refractivity contribution in [3.8, 4) is 17.3 Å². The highest BCUT2D eigenvalue weighted by Gasteiger charge is 2.26. The Labute approximate surface area is 206 Å². The number of pyridine rings is 1. The number of thiophene rings is 1. The number of primary amides is 1. The van der Waals surface area contributed by atoms with E-state index >= 15 is 0 Å². The Morgan fingerprint density at radius 2 is 1.94 bits per heavy atom. The van der Waals surface area contributed by atoms with Crippen molar-refractivity contribution in [3.63, 3.8) is 0 Å². The van der Waals surface area contributed by atoms with E-state index < -0.39 is 11.8 Å². The van der Waals surface area contributed by atoms with Gasteiger partial charge in [0.1, 0.15) is 22.3 Å². The number of amides is 2. The monoisotopic (exact) mass is 481 g/mol. The van der Waals surface area contributed by atoms with Crippen LogP contribution in [0.3, 0.4) is 0 Å². The minimum absolute atomic E-state index is 0.0905. The van der Waals surface area contributed by atoms with Crippen LogP contribution in [-0.2, 0) is 17.6 Å². The predicted octanol–water partition coefficient (Wildman–Crippen LogP) is 4.89. The second-order valence-electron chi connectivity index (χ2n) is 8.50. The highest BCUT2D eigenvalue weighted by molar-refractivity contribution is 7.17. The summed E-state index contributed by atoms with van der Waals surface area (Å²) in [5.41, 5.74) is 10.8. The molecule has 1 aliphatic rings. The lowest BCUT2D eigenvalue weighted by Gasteiger charge is -2.11. The molecule has 0 saturated carbocycles. The number of hydrogen-bond donors (Lipinski definition) is 2. The average Bonchev–Trinajstić information content (AvgIpc) is 3.41. The fourth-order valence-corrected chi connectivity index (χ4v) is 5.83. The van der Waals surface area contributed by atoms with Crippen LogP contribution in [0.2, 0.25) is 0 Å². The molecule has 2 amide bonds. The summed E-state index contributed by atoms with van der Waals surface area (Å²) in [6.45, 7) is 1.96. The second kappa shape index (κ2) is 9.20. The van der Waals surface area contributed by atoms with Gasteiger partial charge in [-0.05, 0) is 55.9 Å². The molecule has 0 radical (unpaired) electrons. The Hall–Kier alpha value is -4.22. The molecule has 5 rings (SSSR count). The molecule has 174 valence electrons. The first kappa shape index (κ1) is 22.6. The summed E-state index contributed by atoms with van der Waals surface area (Å²) in [4.78, 5) is 31.3. The molecule has 0 saturated heterocycles. The molecule has 3 N–H and O–H groups in total. The van der Waals surface area contributed by atoms with Crippen LogP contribution in [0.5, 0.6) is 0 Å². The van der Waals surface area contributed by atoms with E-state index in [0.717, 1.165) is 52.9 Å². The van der Waals surface area contributed by atoms with Crippen molar-refractivity contribution >= 4 is 39.9 Å². The summed E-state index contributed by atoms with van der Waals surface area (Å²) in [5, 5.41) is 13.1. The summed E-state index contributed by atoms with van der Waals surface area (Å²) in [7, 11) is 0. The van der Waals surface area contributed by atoms with Crippen LogP contribution in [0, 0.1) is 18.3 Å². The molecule has 0 fully saturated rings. The van der Waals surface area contributed by atoms with Crippen molar-refractivity contribution < 1.29 is 9.59 Å². The number of aromatic nitrogens is 2. The maximum absolute atomic E-state index is 13.2. The topological polar surface area (TPSA) is 113 Å². The van der Waals surface area contributed by atoms with Crippen LogP contribution in [0.25, 0.3) is 23.0 Å². The highest BCUT2D eigenvalue weighted by Crippen LogP contribution is 2.38. The third kappa shape index (κ3) is 4.11. The number of anilines is 1. The number of nitrogens with two attached hydrogens (primary N) is 1. The van der Waals surface area contributed by atoms with Gasteiger partial charge in [0, 0.05) is 16.6 Å². The van der Waals surface area contributed by atoms with E-state index in [4.69, 9.17) is 10.7 Å². The van der Waals surface area contributed by atoms with Crippen molar-refractivity contribution in [3.05, 3.63) is 81.5 Å². The zero-order valence-electron chi connectivity index (χ0n) is 19.2. The molecule has 1 aliphatic carbocycles. The number of carbonyl (C=O) groups is 2. The Morgan fingerprint density at radius 3 is 2.69 bits per heavy atom. The van der Waals surface area contributed by atoms with Gasteiger partial charge >= 0.3 is 0 Å². The molecule has 1 aromatic carbocycles. The number of imidazole rings is 1. The van der Waals surface area contributed by atoms with Gasteiger partial charge < -0.3 is 11.1 Å². The lowest BCUT2D eigenvalue weighted by Crippen LogP contribution is -2.19. The van der Waals surface area contributed by atoms with Gasteiger partial charge in [0.05, 0.1) is 17.0 Å². The van der Waals surface area contributed by atoms with Crippen molar-refractivity contribution in [1.82, 2.24) is 9.38 Å². The van der Waals surface area contributed by atoms with Crippen molar-refractivity contribution in [1.29, 1.82) is 5.26 Å². The van der Waals surface area contributed by atoms with E-state index in [9.17, 15) is 14.9 Å².